The Bertz CT molecular complexity index is 868. The van der Waals surface area contributed by atoms with Crippen LogP contribution in [-0.4, -0.2) is 73.8 Å². The van der Waals surface area contributed by atoms with Crippen LogP contribution in [0.4, 0.5) is 0 Å². The van der Waals surface area contributed by atoms with E-state index in [0.29, 0.717) is 6.54 Å². The highest BCUT2D eigenvalue weighted by Gasteiger charge is 2.47. The molecule has 1 aliphatic heterocycles. The van der Waals surface area contributed by atoms with Crippen LogP contribution >= 0.6 is 0 Å². The fraction of sp³-hybridized carbons (Fsp3) is 0.500. The molecule has 1 heterocycles. The molecule has 0 unspecified atom stereocenters. The van der Waals surface area contributed by atoms with Crippen molar-refractivity contribution < 1.29 is 22.8 Å². The SMILES string of the molecule is Cc1ccc(CNC(=O)CNC(=O)[C@]2(C)CN(S(C)(=O)=O)CC(=O)N2C)cc1. The number of amides is 3. The van der Waals surface area contributed by atoms with E-state index in [-0.39, 0.29) is 25.5 Å². The fourth-order valence-electron chi connectivity index (χ4n) is 2.82. The fourth-order valence-corrected chi connectivity index (χ4v) is 3.65. The third kappa shape index (κ3) is 5.08. The molecule has 154 valence electrons. The number of carbonyl (C=O) groups is 3. The Balaban J connectivity index is 1.95. The lowest BCUT2D eigenvalue weighted by atomic mass is 9.96. The Morgan fingerprint density at radius 3 is 2.36 bits per heavy atom. The molecule has 9 nitrogen and oxygen atoms in total. The molecule has 28 heavy (non-hydrogen) atoms. The summed E-state index contributed by atoms with van der Waals surface area (Å²) in [6.07, 6.45) is 0.989. The molecule has 1 atom stereocenters. The van der Waals surface area contributed by atoms with E-state index in [9.17, 15) is 22.8 Å². The van der Waals surface area contributed by atoms with Gasteiger partial charge in [-0.3, -0.25) is 14.4 Å². The molecule has 0 bridgehead atoms. The van der Waals surface area contributed by atoms with Crippen molar-refractivity contribution in [3.63, 3.8) is 0 Å². The molecule has 1 fully saturated rings. The monoisotopic (exact) mass is 410 g/mol. The van der Waals surface area contributed by atoms with E-state index in [0.717, 1.165) is 21.7 Å². The maximum atomic E-state index is 12.7. The molecule has 1 aromatic rings. The number of nitrogens with one attached hydrogen (secondary N) is 2. The van der Waals surface area contributed by atoms with Gasteiger partial charge >= 0.3 is 0 Å². The van der Waals surface area contributed by atoms with Gasteiger partial charge in [-0.25, -0.2) is 8.42 Å². The number of rotatable bonds is 6. The molecule has 2 N–H and O–H groups in total. The van der Waals surface area contributed by atoms with Crippen molar-refractivity contribution in [1.29, 1.82) is 0 Å². The number of benzene rings is 1. The molecule has 0 radical (unpaired) electrons. The van der Waals surface area contributed by atoms with Crippen LogP contribution < -0.4 is 10.6 Å². The molecule has 0 saturated carbocycles. The Morgan fingerprint density at radius 1 is 1.18 bits per heavy atom. The molecule has 10 heteroatoms. The summed E-state index contributed by atoms with van der Waals surface area (Å²) in [5.74, 6) is -1.47. The summed E-state index contributed by atoms with van der Waals surface area (Å²) < 4.78 is 24.6. The number of aryl methyl sites for hydroxylation is 1. The van der Waals surface area contributed by atoms with Crippen LogP contribution in [0, 0.1) is 6.92 Å². The molecule has 2 rings (SSSR count). The Morgan fingerprint density at radius 2 is 1.79 bits per heavy atom. The number of piperazine rings is 1. The van der Waals surface area contributed by atoms with Gasteiger partial charge in [-0.15, -0.1) is 0 Å². The number of nitrogens with zero attached hydrogens (tertiary/aromatic N) is 2. The minimum atomic E-state index is -3.63. The van der Waals surface area contributed by atoms with Gasteiger partial charge in [0.25, 0.3) is 0 Å². The topological polar surface area (TPSA) is 116 Å². The number of hydrogen-bond acceptors (Lipinski definition) is 5. The standard InChI is InChI=1S/C18H26N4O5S/c1-13-5-7-14(8-6-13)9-19-15(23)10-20-17(25)18(2)12-22(28(4,26)27)11-16(24)21(18)3/h5-8H,9-12H2,1-4H3,(H,19,23)(H,20,25)/t18-/m0/s1. The van der Waals surface area contributed by atoms with Gasteiger partial charge in [0.1, 0.15) is 5.54 Å². The van der Waals surface area contributed by atoms with Crippen molar-refractivity contribution in [2.45, 2.75) is 25.9 Å². The van der Waals surface area contributed by atoms with Crippen LogP contribution in [0.25, 0.3) is 0 Å². The van der Waals surface area contributed by atoms with Crippen LogP contribution in [-0.2, 0) is 31.0 Å². The minimum Gasteiger partial charge on any atom is -0.350 e. The molecule has 0 spiro atoms. The summed E-state index contributed by atoms with van der Waals surface area (Å²) in [6.45, 7) is 3.01. The maximum Gasteiger partial charge on any atom is 0.247 e. The van der Waals surface area contributed by atoms with Gasteiger partial charge < -0.3 is 15.5 Å². The van der Waals surface area contributed by atoms with Crippen molar-refractivity contribution in [3.8, 4) is 0 Å². The lowest BCUT2D eigenvalue weighted by Crippen LogP contribution is -2.68. The number of sulfonamides is 1. The van der Waals surface area contributed by atoms with E-state index in [1.54, 1.807) is 0 Å². The second-order valence-corrected chi connectivity index (χ2v) is 9.19. The average Bonchev–Trinajstić information content (AvgIpc) is 2.62. The van der Waals surface area contributed by atoms with Gasteiger partial charge in [0.15, 0.2) is 0 Å². The largest absolute Gasteiger partial charge is 0.350 e. The number of hydrogen-bond donors (Lipinski definition) is 2. The van der Waals surface area contributed by atoms with Crippen LogP contribution in [0.1, 0.15) is 18.1 Å². The lowest BCUT2D eigenvalue weighted by Gasteiger charge is -2.44. The number of carbonyl (C=O) groups excluding carboxylic acids is 3. The van der Waals surface area contributed by atoms with Crippen molar-refractivity contribution in [2.75, 3.05) is 32.9 Å². The van der Waals surface area contributed by atoms with E-state index in [1.807, 2.05) is 31.2 Å². The zero-order valence-corrected chi connectivity index (χ0v) is 17.3. The Kier molecular flexibility index (Phi) is 6.45. The van der Waals surface area contributed by atoms with Crippen LogP contribution in [0.5, 0.6) is 0 Å². The summed E-state index contributed by atoms with van der Waals surface area (Å²) in [6, 6.07) is 7.68. The zero-order chi connectivity index (χ0) is 21.1. The van der Waals surface area contributed by atoms with Crippen molar-refractivity contribution in [3.05, 3.63) is 35.4 Å². The molecule has 1 saturated heterocycles. The van der Waals surface area contributed by atoms with E-state index >= 15 is 0 Å². The minimum absolute atomic E-state index is 0.176. The van der Waals surface area contributed by atoms with Gasteiger partial charge in [0.05, 0.1) is 19.3 Å². The highest BCUT2D eigenvalue weighted by molar-refractivity contribution is 7.88. The van der Waals surface area contributed by atoms with Gasteiger partial charge in [-0.1, -0.05) is 29.8 Å². The summed E-state index contributed by atoms with van der Waals surface area (Å²) in [7, 11) is -2.19. The first-order valence-corrected chi connectivity index (χ1v) is 10.6. The third-order valence-corrected chi connectivity index (χ3v) is 6.08. The molecule has 0 aromatic heterocycles. The normalized spacial score (nSPS) is 20.7. The van der Waals surface area contributed by atoms with Crippen LogP contribution in [0.15, 0.2) is 24.3 Å². The van der Waals surface area contributed by atoms with Crippen LogP contribution in [0.3, 0.4) is 0 Å². The highest BCUT2D eigenvalue weighted by Crippen LogP contribution is 2.22. The van der Waals surface area contributed by atoms with Gasteiger partial charge in [0.2, 0.25) is 27.7 Å². The Hall–Kier alpha value is -2.46. The molecule has 3 amide bonds. The van der Waals surface area contributed by atoms with Gasteiger partial charge in [-0.05, 0) is 19.4 Å². The van der Waals surface area contributed by atoms with Gasteiger partial charge in [-0.2, -0.15) is 4.31 Å². The first-order valence-electron chi connectivity index (χ1n) is 8.76. The Labute approximate surface area is 165 Å². The molecule has 0 aliphatic carbocycles. The predicted octanol–water partition coefficient (Wildman–Crippen LogP) is -0.780. The summed E-state index contributed by atoms with van der Waals surface area (Å²) in [4.78, 5) is 38.1. The second kappa shape index (κ2) is 8.27. The van der Waals surface area contributed by atoms with Crippen molar-refractivity contribution in [2.24, 2.45) is 0 Å². The van der Waals surface area contributed by atoms with Gasteiger partial charge in [0, 0.05) is 20.1 Å². The summed E-state index contributed by atoms with van der Waals surface area (Å²) >= 11 is 0. The van der Waals surface area contributed by atoms with Crippen molar-refractivity contribution >= 4 is 27.7 Å². The average molecular weight is 410 g/mol. The first-order chi connectivity index (χ1) is 12.9. The molecule has 1 aliphatic rings. The van der Waals surface area contributed by atoms with Crippen LogP contribution in [0.2, 0.25) is 0 Å². The van der Waals surface area contributed by atoms with E-state index in [2.05, 4.69) is 10.6 Å². The molecular weight excluding hydrogens is 384 g/mol. The maximum absolute atomic E-state index is 12.7. The summed E-state index contributed by atoms with van der Waals surface area (Å²) in [5, 5.41) is 5.20. The zero-order valence-electron chi connectivity index (χ0n) is 16.5. The first kappa shape index (κ1) is 21.8. The molecule has 1 aromatic carbocycles. The van der Waals surface area contributed by atoms with Crippen molar-refractivity contribution in [1.82, 2.24) is 19.8 Å². The quantitative estimate of drug-likeness (QED) is 0.638. The predicted molar refractivity (Wildman–Crippen MR) is 104 cm³/mol. The summed E-state index contributed by atoms with van der Waals surface area (Å²) in [5.41, 5.74) is 0.638. The van der Waals surface area contributed by atoms with E-state index in [1.165, 1.54) is 18.9 Å². The highest BCUT2D eigenvalue weighted by atomic mass is 32.2. The number of likely N-dealkylation sites (N-methyl/N-ethyl adjacent to an activating group) is 1. The third-order valence-electron chi connectivity index (χ3n) is 4.89. The second-order valence-electron chi connectivity index (χ2n) is 7.20. The smallest absolute Gasteiger partial charge is 0.247 e. The molecular formula is C18H26N4O5S. The lowest BCUT2D eigenvalue weighted by molar-refractivity contribution is -0.150. The van der Waals surface area contributed by atoms with E-state index < -0.39 is 27.4 Å². The van der Waals surface area contributed by atoms with E-state index in [4.69, 9.17) is 0 Å².